The van der Waals surface area contributed by atoms with Gasteiger partial charge in [-0.3, -0.25) is 0 Å². The monoisotopic (exact) mass is 137 g/mol. The van der Waals surface area contributed by atoms with Gasteiger partial charge in [-0.15, -0.1) is 0 Å². The summed E-state index contributed by atoms with van der Waals surface area (Å²) in [4.78, 5) is 0. The first-order valence-corrected chi connectivity index (χ1v) is 3.64. The van der Waals surface area contributed by atoms with E-state index in [0.717, 1.165) is 5.76 Å². The number of rotatable bonds is 0. The molecule has 0 aromatic rings. The summed E-state index contributed by atoms with van der Waals surface area (Å²) in [6, 6.07) is 3.94. The third-order valence-electron chi connectivity index (χ3n) is 1.22. The molecular weight excluding hydrogens is 132 g/mol. The van der Waals surface area contributed by atoms with E-state index in [-0.39, 0.29) is 0 Å². The summed E-state index contributed by atoms with van der Waals surface area (Å²) in [7, 11) is 0. The zero-order valence-electron chi connectivity index (χ0n) is 4.70. The maximum Gasteiger partial charge on any atom is 0.361 e. The molecule has 1 nitrogen and oxygen atoms in total. The third-order valence-corrected chi connectivity index (χ3v) is 1.90. The first-order valence-electron chi connectivity index (χ1n) is 2.69. The van der Waals surface area contributed by atoms with E-state index in [9.17, 15) is 0 Å². The smallest absolute Gasteiger partial charge is 0.215 e. The highest BCUT2D eigenvalue weighted by atomic mass is 32.1. The Morgan fingerprint density at radius 3 is 3.22 bits per heavy atom. The Hall–Kier alpha value is -0.890. The highest BCUT2D eigenvalue weighted by Crippen LogP contribution is 2.23. The summed E-state index contributed by atoms with van der Waals surface area (Å²) >= 11 is 1.68. The van der Waals surface area contributed by atoms with Crippen LogP contribution in [0.3, 0.4) is 0 Å². The van der Waals surface area contributed by atoms with Crippen LogP contribution in [-0.4, -0.2) is 0 Å². The SMILES string of the molecule is c1cc2csccc-2[o+]1. The molecule has 0 fully saturated rings. The molecule has 0 saturated carbocycles. The topological polar surface area (TPSA) is 11.3 Å². The van der Waals surface area contributed by atoms with Crippen LogP contribution in [0.4, 0.5) is 0 Å². The minimum Gasteiger partial charge on any atom is -0.215 e. The van der Waals surface area contributed by atoms with Gasteiger partial charge in [0.2, 0.25) is 0 Å². The summed E-state index contributed by atoms with van der Waals surface area (Å²) in [5.41, 5.74) is 1.18. The lowest BCUT2D eigenvalue weighted by molar-refractivity contribution is 0.584. The Bertz CT molecular complexity index is 249. The molecule has 0 radical (unpaired) electrons. The average molecular weight is 137 g/mol. The van der Waals surface area contributed by atoms with Crippen LogP contribution >= 0.6 is 11.3 Å². The van der Waals surface area contributed by atoms with Crippen LogP contribution in [0.25, 0.3) is 11.3 Å². The summed E-state index contributed by atoms with van der Waals surface area (Å²) in [5.74, 6) is 0.966. The molecule has 0 bridgehead atoms. The van der Waals surface area contributed by atoms with Gasteiger partial charge in [0.05, 0.1) is 17.7 Å². The Kier molecular flexibility index (Phi) is 0.993. The highest BCUT2D eigenvalue weighted by molar-refractivity contribution is 7.07. The molecule has 9 heavy (non-hydrogen) atoms. The largest absolute Gasteiger partial charge is 0.361 e. The van der Waals surface area contributed by atoms with E-state index in [2.05, 4.69) is 5.38 Å². The molecule has 2 heteroatoms. The summed E-state index contributed by atoms with van der Waals surface area (Å²) in [6.45, 7) is 0. The summed E-state index contributed by atoms with van der Waals surface area (Å²) < 4.78 is 5.12. The van der Waals surface area contributed by atoms with Crippen LogP contribution in [0.2, 0.25) is 0 Å². The van der Waals surface area contributed by atoms with Crippen LogP contribution < -0.4 is 0 Å². The van der Waals surface area contributed by atoms with Crippen molar-refractivity contribution in [3.05, 3.63) is 29.2 Å². The van der Waals surface area contributed by atoms with E-state index in [1.165, 1.54) is 5.56 Å². The Morgan fingerprint density at radius 1 is 1.33 bits per heavy atom. The molecule has 0 spiro atoms. The average Bonchev–Trinajstić information content (AvgIpc) is 2.33. The summed E-state index contributed by atoms with van der Waals surface area (Å²) in [6.07, 6.45) is 1.71. The minimum absolute atomic E-state index is 0.966. The lowest BCUT2D eigenvalue weighted by Gasteiger charge is -1.79. The lowest BCUT2D eigenvalue weighted by Crippen LogP contribution is -1.64. The Labute approximate surface area is 56.9 Å². The molecule has 2 aliphatic rings. The molecule has 0 aromatic heterocycles. The van der Waals surface area contributed by atoms with E-state index >= 15 is 0 Å². The van der Waals surface area contributed by atoms with Crippen molar-refractivity contribution in [2.45, 2.75) is 0 Å². The molecule has 2 aliphatic heterocycles. The zero-order valence-corrected chi connectivity index (χ0v) is 5.52. The Morgan fingerprint density at radius 2 is 2.33 bits per heavy atom. The molecule has 0 saturated heterocycles. The van der Waals surface area contributed by atoms with Gasteiger partial charge in [-0.25, -0.2) is 4.42 Å². The van der Waals surface area contributed by atoms with Crippen molar-refractivity contribution in [1.29, 1.82) is 0 Å². The van der Waals surface area contributed by atoms with Crippen LogP contribution in [-0.2, 0) is 0 Å². The maximum atomic E-state index is 5.12. The van der Waals surface area contributed by atoms with Gasteiger partial charge in [-0.05, 0) is 0 Å². The second kappa shape index (κ2) is 1.81. The molecule has 0 atom stereocenters. The maximum absolute atomic E-state index is 5.12. The number of fused-ring (bicyclic) bond motifs is 1. The molecule has 0 aromatic carbocycles. The van der Waals surface area contributed by atoms with Crippen LogP contribution in [0.15, 0.2) is 33.6 Å². The standard InChI is InChI=1S/C7H5OS/c1-3-8-7-2-4-9-5-6(1)7/h1-5H/q+1. The number of furan rings is 1. The van der Waals surface area contributed by atoms with Crippen molar-refractivity contribution in [3.8, 4) is 11.3 Å². The molecule has 2 heterocycles. The van der Waals surface area contributed by atoms with Gasteiger partial charge in [0.1, 0.15) is 0 Å². The number of hydrogen-bond acceptors (Lipinski definition) is 1. The van der Waals surface area contributed by atoms with Gasteiger partial charge >= 0.3 is 12.0 Å². The fourth-order valence-corrected chi connectivity index (χ4v) is 1.40. The van der Waals surface area contributed by atoms with E-state index < -0.39 is 0 Å². The highest BCUT2D eigenvalue weighted by Gasteiger charge is 2.12. The third kappa shape index (κ3) is 0.715. The minimum atomic E-state index is 0.966. The van der Waals surface area contributed by atoms with Crippen LogP contribution in [0.5, 0.6) is 0 Å². The molecular formula is C7H5OS+. The van der Waals surface area contributed by atoms with E-state index in [4.69, 9.17) is 4.42 Å². The van der Waals surface area contributed by atoms with Gasteiger partial charge in [-0.2, -0.15) is 11.3 Å². The van der Waals surface area contributed by atoms with Crippen molar-refractivity contribution in [3.63, 3.8) is 0 Å². The Balaban J connectivity index is 2.79. The zero-order chi connectivity index (χ0) is 6.10. The lowest BCUT2D eigenvalue weighted by atomic mass is 10.3. The summed E-state index contributed by atoms with van der Waals surface area (Å²) in [5, 5.41) is 4.07. The van der Waals surface area contributed by atoms with Crippen molar-refractivity contribution < 1.29 is 4.42 Å². The van der Waals surface area contributed by atoms with E-state index in [1.54, 1.807) is 17.6 Å². The fourth-order valence-electron chi connectivity index (χ4n) is 0.777. The molecule has 0 N–H and O–H groups in total. The molecule has 0 aliphatic carbocycles. The first kappa shape index (κ1) is 4.94. The van der Waals surface area contributed by atoms with Crippen molar-refractivity contribution >= 4 is 11.3 Å². The molecule has 2 rings (SSSR count). The van der Waals surface area contributed by atoms with Crippen molar-refractivity contribution in [1.82, 2.24) is 0 Å². The van der Waals surface area contributed by atoms with Gasteiger partial charge < -0.3 is 0 Å². The van der Waals surface area contributed by atoms with Gasteiger partial charge in [0.25, 0.3) is 0 Å². The van der Waals surface area contributed by atoms with E-state index in [0.29, 0.717) is 0 Å². The van der Waals surface area contributed by atoms with Crippen LogP contribution in [0.1, 0.15) is 0 Å². The fraction of sp³-hybridized carbons (Fsp3) is 0. The van der Waals surface area contributed by atoms with Crippen molar-refractivity contribution in [2.75, 3.05) is 0 Å². The second-order valence-corrected chi connectivity index (χ2v) is 2.58. The molecule has 0 unspecified atom stereocenters. The van der Waals surface area contributed by atoms with Crippen molar-refractivity contribution in [2.24, 2.45) is 0 Å². The van der Waals surface area contributed by atoms with Gasteiger partial charge in [0.15, 0.2) is 0 Å². The number of hydrogen-bond donors (Lipinski definition) is 0. The van der Waals surface area contributed by atoms with Crippen LogP contribution in [0, 0.1) is 0 Å². The quantitative estimate of drug-likeness (QED) is 0.508. The molecule has 0 amide bonds. The second-order valence-electron chi connectivity index (χ2n) is 1.80. The predicted octanol–water partition coefficient (Wildman–Crippen LogP) is 2.73. The predicted molar refractivity (Wildman–Crippen MR) is 37.6 cm³/mol. The molecule has 44 valence electrons. The normalized spacial score (nSPS) is 10.2. The van der Waals surface area contributed by atoms with Gasteiger partial charge in [0, 0.05) is 10.8 Å². The van der Waals surface area contributed by atoms with E-state index in [1.807, 2.05) is 17.5 Å². The first-order chi connectivity index (χ1) is 4.47. The van der Waals surface area contributed by atoms with Gasteiger partial charge in [-0.1, -0.05) is 0 Å².